The number of ether oxygens (including phenoxy) is 1. The molecule has 1 aliphatic carbocycles. The molecule has 2 atom stereocenters. The van der Waals surface area contributed by atoms with Crippen LogP contribution in [0.15, 0.2) is 48.5 Å². The molecule has 2 aliphatic rings. The summed E-state index contributed by atoms with van der Waals surface area (Å²) in [6, 6.07) is 14.7. The smallest absolute Gasteiger partial charge is 0.407 e. The lowest BCUT2D eigenvalue weighted by Gasteiger charge is -2.36. The maximum absolute atomic E-state index is 12.6. The van der Waals surface area contributed by atoms with E-state index >= 15 is 0 Å². The Kier molecular flexibility index (Phi) is 7.04. The molecule has 1 aliphatic heterocycles. The van der Waals surface area contributed by atoms with Gasteiger partial charge in [-0.05, 0) is 36.1 Å². The lowest BCUT2D eigenvalue weighted by atomic mass is 9.98. The van der Waals surface area contributed by atoms with Crippen molar-refractivity contribution >= 4 is 23.9 Å². The first-order valence-electron chi connectivity index (χ1n) is 11.7. The van der Waals surface area contributed by atoms with Crippen LogP contribution in [-0.4, -0.2) is 77.1 Å². The number of hydrogen-bond acceptors (Lipinski definition) is 5. The van der Waals surface area contributed by atoms with E-state index in [1.54, 1.807) is 6.92 Å². The van der Waals surface area contributed by atoms with Gasteiger partial charge in [-0.3, -0.25) is 9.59 Å². The Hall–Kier alpha value is -3.88. The Morgan fingerprint density at radius 2 is 1.63 bits per heavy atom. The summed E-state index contributed by atoms with van der Waals surface area (Å²) >= 11 is 0. The van der Waals surface area contributed by atoms with Crippen molar-refractivity contribution in [2.24, 2.45) is 0 Å². The molecule has 4 rings (SSSR count). The Morgan fingerprint density at radius 1 is 1.03 bits per heavy atom. The van der Waals surface area contributed by atoms with E-state index in [9.17, 15) is 19.2 Å². The molecule has 3 amide bonds. The summed E-state index contributed by atoms with van der Waals surface area (Å²) in [6.45, 7) is 3.56. The molecule has 1 saturated heterocycles. The van der Waals surface area contributed by atoms with Gasteiger partial charge in [0.15, 0.2) is 0 Å². The molecule has 2 aromatic rings. The Labute approximate surface area is 203 Å². The van der Waals surface area contributed by atoms with Crippen molar-refractivity contribution in [3.05, 3.63) is 59.7 Å². The number of carboxylic acids is 1. The number of nitrogens with one attached hydrogen (secondary N) is 1. The molecule has 184 valence electrons. The van der Waals surface area contributed by atoms with Crippen LogP contribution in [0.4, 0.5) is 4.79 Å². The molecule has 35 heavy (non-hydrogen) atoms. The number of fused-ring (bicyclic) bond motifs is 3. The standard InChI is InChI=1S/C26H29N3O6/c1-16(13-23(30)28-11-12-29(24(31)14-28)17(2)25(32)33)27-26(34)35-15-22-20-9-5-3-7-18(20)19-8-4-6-10-21(19)22/h3-10,16-17,22H,11-15H2,1-2H3,(H,27,34)(H,32,33). The van der Waals surface area contributed by atoms with Crippen molar-refractivity contribution in [3.63, 3.8) is 0 Å². The van der Waals surface area contributed by atoms with Crippen molar-refractivity contribution in [1.29, 1.82) is 0 Å². The molecule has 0 saturated carbocycles. The number of carboxylic acid groups (broad SMARTS) is 1. The summed E-state index contributed by atoms with van der Waals surface area (Å²) in [5.74, 6) is -1.83. The quantitative estimate of drug-likeness (QED) is 0.630. The van der Waals surface area contributed by atoms with Gasteiger partial charge in [-0.1, -0.05) is 48.5 Å². The fourth-order valence-corrected chi connectivity index (χ4v) is 4.73. The van der Waals surface area contributed by atoms with Crippen LogP contribution in [0.5, 0.6) is 0 Å². The van der Waals surface area contributed by atoms with Gasteiger partial charge in [0.2, 0.25) is 11.8 Å². The first-order valence-corrected chi connectivity index (χ1v) is 11.7. The molecular weight excluding hydrogens is 450 g/mol. The number of alkyl carbamates (subject to hydrolysis) is 1. The minimum atomic E-state index is -1.08. The van der Waals surface area contributed by atoms with Crippen molar-refractivity contribution in [2.75, 3.05) is 26.2 Å². The van der Waals surface area contributed by atoms with E-state index in [1.165, 1.54) is 16.7 Å². The predicted octanol–water partition coefficient (Wildman–Crippen LogP) is 2.45. The molecule has 2 N–H and O–H groups in total. The summed E-state index contributed by atoms with van der Waals surface area (Å²) in [4.78, 5) is 51.2. The van der Waals surface area contributed by atoms with Gasteiger partial charge in [0.05, 0.1) is 6.54 Å². The van der Waals surface area contributed by atoms with E-state index in [0.717, 1.165) is 22.3 Å². The minimum absolute atomic E-state index is 0.00591. The summed E-state index contributed by atoms with van der Waals surface area (Å²) in [7, 11) is 0. The van der Waals surface area contributed by atoms with Gasteiger partial charge in [0, 0.05) is 31.5 Å². The molecule has 0 bridgehead atoms. The van der Waals surface area contributed by atoms with Crippen LogP contribution in [0, 0.1) is 0 Å². The summed E-state index contributed by atoms with van der Waals surface area (Å²) in [6.07, 6.45) is -0.602. The maximum atomic E-state index is 12.6. The highest BCUT2D eigenvalue weighted by atomic mass is 16.5. The van der Waals surface area contributed by atoms with Crippen LogP contribution in [-0.2, 0) is 19.1 Å². The molecule has 2 aromatic carbocycles. The van der Waals surface area contributed by atoms with Gasteiger partial charge in [-0.15, -0.1) is 0 Å². The Bertz CT molecular complexity index is 1100. The van der Waals surface area contributed by atoms with Crippen molar-refractivity contribution in [2.45, 2.75) is 38.3 Å². The highest BCUT2D eigenvalue weighted by Gasteiger charge is 2.33. The van der Waals surface area contributed by atoms with E-state index in [4.69, 9.17) is 9.84 Å². The first-order chi connectivity index (χ1) is 16.8. The lowest BCUT2D eigenvalue weighted by molar-refractivity contribution is -0.154. The van der Waals surface area contributed by atoms with Crippen LogP contribution in [0.1, 0.15) is 37.3 Å². The van der Waals surface area contributed by atoms with Gasteiger partial charge in [0.1, 0.15) is 12.6 Å². The van der Waals surface area contributed by atoms with E-state index in [1.807, 2.05) is 36.4 Å². The normalized spacial score (nSPS) is 16.8. The largest absolute Gasteiger partial charge is 0.480 e. The van der Waals surface area contributed by atoms with Gasteiger partial charge >= 0.3 is 12.1 Å². The molecular formula is C26H29N3O6. The lowest BCUT2D eigenvalue weighted by Crippen LogP contribution is -2.56. The van der Waals surface area contributed by atoms with Gasteiger partial charge in [-0.25, -0.2) is 9.59 Å². The Morgan fingerprint density at radius 3 is 2.20 bits per heavy atom. The van der Waals surface area contributed by atoms with Crippen LogP contribution in [0.2, 0.25) is 0 Å². The van der Waals surface area contributed by atoms with Crippen molar-refractivity contribution in [1.82, 2.24) is 15.1 Å². The monoisotopic (exact) mass is 479 g/mol. The van der Waals surface area contributed by atoms with E-state index in [2.05, 4.69) is 17.4 Å². The topological polar surface area (TPSA) is 116 Å². The summed E-state index contributed by atoms with van der Waals surface area (Å²) < 4.78 is 5.53. The minimum Gasteiger partial charge on any atom is -0.480 e. The second-order valence-electron chi connectivity index (χ2n) is 8.99. The van der Waals surface area contributed by atoms with E-state index < -0.39 is 30.1 Å². The number of nitrogens with zero attached hydrogens (tertiary/aromatic N) is 2. The average molecular weight is 480 g/mol. The SMILES string of the molecule is CC(CC(=O)N1CCN(C(C)C(=O)O)C(=O)C1)NC(=O)OCC1c2ccccc2-c2ccccc21. The second kappa shape index (κ2) is 10.2. The molecule has 9 heteroatoms. The molecule has 1 fully saturated rings. The van der Waals surface area contributed by atoms with E-state index in [-0.39, 0.29) is 44.5 Å². The van der Waals surface area contributed by atoms with Gasteiger partial charge in [0.25, 0.3) is 0 Å². The number of carbonyl (C=O) groups is 4. The number of rotatable bonds is 7. The van der Waals surface area contributed by atoms with Crippen LogP contribution in [0.25, 0.3) is 11.1 Å². The number of piperazine rings is 1. The third-order valence-corrected chi connectivity index (χ3v) is 6.62. The van der Waals surface area contributed by atoms with Crippen molar-refractivity contribution < 1.29 is 29.0 Å². The zero-order valence-electron chi connectivity index (χ0n) is 19.8. The van der Waals surface area contributed by atoms with Crippen LogP contribution >= 0.6 is 0 Å². The van der Waals surface area contributed by atoms with Crippen LogP contribution < -0.4 is 5.32 Å². The third kappa shape index (κ3) is 5.13. The molecule has 0 spiro atoms. The summed E-state index contributed by atoms with van der Waals surface area (Å²) in [5.41, 5.74) is 4.52. The highest BCUT2D eigenvalue weighted by Crippen LogP contribution is 2.44. The van der Waals surface area contributed by atoms with Crippen LogP contribution in [0.3, 0.4) is 0 Å². The van der Waals surface area contributed by atoms with Gasteiger partial charge in [-0.2, -0.15) is 0 Å². The number of aliphatic carboxylic acids is 1. The number of amides is 3. The molecule has 2 unspecified atom stereocenters. The molecule has 0 radical (unpaired) electrons. The third-order valence-electron chi connectivity index (χ3n) is 6.62. The number of benzene rings is 2. The second-order valence-corrected chi connectivity index (χ2v) is 8.99. The first kappa shape index (κ1) is 24.3. The zero-order valence-corrected chi connectivity index (χ0v) is 19.8. The molecule has 9 nitrogen and oxygen atoms in total. The fraction of sp³-hybridized carbons (Fsp3) is 0.385. The maximum Gasteiger partial charge on any atom is 0.407 e. The zero-order chi connectivity index (χ0) is 25.1. The summed E-state index contributed by atoms with van der Waals surface area (Å²) in [5, 5.41) is 11.8. The molecule has 1 heterocycles. The Balaban J connectivity index is 1.27. The van der Waals surface area contributed by atoms with Gasteiger partial charge < -0.3 is 25.0 Å². The van der Waals surface area contributed by atoms with Crippen molar-refractivity contribution in [3.8, 4) is 11.1 Å². The number of hydrogen-bond donors (Lipinski definition) is 2. The number of carbonyl (C=O) groups excluding carboxylic acids is 3. The van der Waals surface area contributed by atoms with E-state index in [0.29, 0.717) is 0 Å². The fourth-order valence-electron chi connectivity index (χ4n) is 4.73. The predicted molar refractivity (Wildman–Crippen MR) is 128 cm³/mol. The molecule has 0 aromatic heterocycles. The highest BCUT2D eigenvalue weighted by molar-refractivity contribution is 5.89. The average Bonchev–Trinajstić information content (AvgIpc) is 3.15.